The van der Waals surface area contributed by atoms with E-state index in [0.717, 1.165) is 6.42 Å². The number of carboxylic acid groups (broad SMARTS) is 1. The molecule has 0 aliphatic rings. The normalized spacial score (nSPS) is 13.2. The summed E-state index contributed by atoms with van der Waals surface area (Å²) in [6.45, 7) is 1.89. The van der Waals surface area contributed by atoms with Gasteiger partial charge in [-0.05, 0) is 24.6 Å². The van der Waals surface area contributed by atoms with Crippen molar-refractivity contribution in [1.29, 1.82) is 0 Å². The molecule has 1 aromatic carbocycles. The highest BCUT2D eigenvalue weighted by atomic mass is 35.5. The van der Waals surface area contributed by atoms with Crippen LogP contribution in [0.4, 0.5) is 0 Å². The first-order chi connectivity index (χ1) is 9.27. The fraction of sp³-hybridized carbons (Fsp3) is 0.417. The van der Waals surface area contributed by atoms with Crippen LogP contribution in [0.15, 0.2) is 23.1 Å². The summed E-state index contributed by atoms with van der Waals surface area (Å²) in [5, 5.41) is 9.24. The molecule has 0 aromatic heterocycles. The molecule has 0 spiro atoms. The highest BCUT2D eigenvalue weighted by molar-refractivity contribution is 7.89. The molecule has 0 heterocycles. The lowest BCUT2D eigenvalue weighted by molar-refractivity contribution is -0.139. The summed E-state index contributed by atoms with van der Waals surface area (Å²) in [4.78, 5) is 10.9. The zero-order valence-corrected chi connectivity index (χ0v) is 13.1. The number of benzene rings is 1. The minimum atomic E-state index is -4.04. The van der Waals surface area contributed by atoms with E-state index in [4.69, 9.17) is 28.3 Å². The highest BCUT2D eigenvalue weighted by Crippen LogP contribution is 2.25. The molecule has 0 saturated carbocycles. The highest BCUT2D eigenvalue weighted by Gasteiger charge is 2.26. The molecule has 5 nitrogen and oxygen atoms in total. The predicted molar refractivity (Wildman–Crippen MR) is 77.7 cm³/mol. The Morgan fingerprint density at radius 3 is 2.60 bits per heavy atom. The molecule has 0 aliphatic carbocycles. The van der Waals surface area contributed by atoms with Gasteiger partial charge in [0.2, 0.25) is 10.0 Å². The van der Waals surface area contributed by atoms with Gasteiger partial charge >= 0.3 is 5.97 Å². The maximum atomic E-state index is 12.2. The number of halogens is 2. The number of aliphatic carboxylic acids is 1. The van der Waals surface area contributed by atoms with Crippen molar-refractivity contribution in [2.45, 2.75) is 37.1 Å². The summed E-state index contributed by atoms with van der Waals surface area (Å²) in [6.07, 6.45) is 1.58. The van der Waals surface area contributed by atoms with Crippen LogP contribution < -0.4 is 4.72 Å². The molecule has 0 saturated heterocycles. The molecule has 0 radical (unpaired) electrons. The summed E-state index contributed by atoms with van der Waals surface area (Å²) < 4.78 is 26.5. The Kier molecular flexibility index (Phi) is 6.26. The standard InChI is InChI=1S/C12H15Cl2NO4S/c1-2-3-4-10(12(16)17)15-20(18,19)11-7-8(13)5-6-9(11)14/h5-7,10,15H,2-4H2,1H3,(H,16,17)/t10-/m0/s1. The third kappa shape index (κ3) is 4.63. The Labute approximate surface area is 127 Å². The number of sulfonamides is 1. The van der Waals surface area contributed by atoms with Crippen LogP contribution in [0.1, 0.15) is 26.2 Å². The van der Waals surface area contributed by atoms with Crippen LogP contribution in [-0.2, 0) is 14.8 Å². The van der Waals surface area contributed by atoms with Gasteiger partial charge in [0.05, 0.1) is 5.02 Å². The van der Waals surface area contributed by atoms with Crippen molar-refractivity contribution < 1.29 is 18.3 Å². The second kappa shape index (κ2) is 7.26. The first kappa shape index (κ1) is 17.2. The summed E-state index contributed by atoms with van der Waals surface area (Å²) in [6, 6.07) is 2.80. The SMILES string of the molecule is CCCC[C@H](NS(=O)(=O)c1cc(Cl)ccc1Cl)C(=O)O. The second-order valence-corrected chi connectivity index (χ2v) is 6.76. The molecule has 0 bridgehead atoms. The third-order valence-corrected chi connectivity index (χ3v) is 4.81. The van der Waals surface area contributed by atoms with Crippen LogP contribution in [0.2, 0.25) is 10.0 Å². The largest absolute Gasteiger partial charge is 0.480 e. The predicted octanol–water partition coefficient (Wildman–Crippen LogP) is 2.92. The number of hydrogen-bond donors (Lipinski definition) is 2. The fourth-order valence-corrected chi connectivity index (χ4v) is 3.56. The Hall–Kier alpha value is -0.820. The topological polar surface area (TPSA) is 83.5 Å². The van der Waals surface area contributed by atoms with Crippen LogP contribution in [0.5, 0.6) is 0 Å². The molecule has 1 aromatic rings. The molecule has 8 heteroatoms. The van der Waals surface area contributed by atoms with Gasteiger partial charge in [0.25, 0.3) is 0 Å². The monoisotopic (exact) mass is 339 g/mol. The number of rotatable bonds is 7. The Morgan fingerprint density at radius 2 is 2.05 bits per heavy atom. The van der Waals surface area contributed by atoms with Crippen molar-refractivity contribution in [1.82, 2.24) is 4.72 Å². The fourth-order valence-electron chi connectivity index (χ4n) is 1.57. The molecule has 0 fully saturated rings. The van der Waals surface area contributed by atoms with Crippen molar-refractivity contribution in [3.63, 3.8) is 0 Å². The molecule has 1 atom stereocenters. The van der Waals surface area contributed by atoms with Gasteiger partial charge < -0.3 is 5.11 Å². The van der Waals surface area contributed by atoms with Crippen LogP contribution in [0.25, 0.3) is 0 Å². The molecular weight excluding hydrogens is 325 g/mol. The molecule has 0 unspecified atom stereocenters. The van der Waals surface area contributed by atoms with Crippen molar-refractivity contribution in [3.8, 4) is 0 Å². The van der Waals surface area contributed by atoms with Gasteiger partial charge in [-0.2, -0.15) is 4.72 Å². The number of hydrogen-bond acceptors (Lipinski definition) is 3. The molecule has 2 N–H and O–H groups in total. The van der Waals surface area contributed by atoms with Gasteiger partial charge in [0.15, 0.2) is 0 Å². The minimum absolute atomic E-state index is 0.0125. The van der Waals surface area contributed by atoms with Crippen molar-refractivity contribution in [2.24, 2.45) is 0 Å². The van der Waals surface area contributed by atoms with Crippen molar-refractivity contribution in [3.05, 3.63) is 28.2 Å². The maximum Gasteiger partial charge on any atom is 0.321 e. The summed E-state index contributed by atoms with van der Waals surface area (Å²) in [5.74, 6) is -1.22. The minimum Gasteiger partial charge on any atom is -0.480 e. The summed E-state index contributed by atoms with van der Waals surface area (Å²) in [7, 11) is -4.04. The van der Waals surface area contributed by atoms with Crippen molar-refractivity contribution in [2.75, 3.05) is 0 Å². The number of nitrogens with one attached hydrogen (secondary N) is 1. The van der Waals surface area contributed by atoms with Crippen LogP contribution in [0.3, 0.4) is 0 Å². The summed E-state index contributed by atoms with van der Waals surface area (Å²) in [5.41, 5.74) is 0. The molecule has 20 heavy (non-hydrogen) atoms. The Balaban J connectivity index is 3.03. The average Bonchev–Trinajstić information content (AvgIpc) is 2.36. The van der Waals surface area contributed by atoms with E-state index in [-0.39, 0.29) is 21.4 Å². The van der Waals surface area contributed by atoms with E-state index in [1.165, 1.54) is 18.2 Å². The van der Waals surface area contributed by atoms with Gasteiger partial charge in [-0.25, -0.2) is 8.42 Å². The van der Waals surface area contributed by atoms with Gasteiger partial charge in [-0.1, -0.05) is 43.0 Å². The molecular formula is C12H15Cl2NO4S. The zero-order chi connectivity index (χ0) is 15.3. The second-order valence-electron chi connectivity index (χ2n) is 4.23. The quantitative estimate of drug-likeness (QED) is 0.799. The van der Waals surface area contributed by atoms with E-state index in [1.807, 2.05) is 6.92 Å². The number of unbranched alkanes of at least 4 members (excludes halogenated alkanes) is 1. The Morgan fingerprint density at radius 1 is 1.40 bits per heavy atom. The van der Waals surface area contributed by atoms with Gasteiger partial charge in [-0.3, -0.25) is 4.79 Å². The van der Waals surface area contributed by atoms with Gasteiger partial charge in [0, 0.05) is 5.02 Å². The summed E-state index contributed by atoms with van der Waals surface area (Å²) >= 11 is 11.6. The lowest BCUT2D eigenvalue weighted by Crippen LogP contribution is -2.40. The average molecular weight is 340 g/mol. The third-order valence-electron chi connectivity index (χ3n) is 2.62. The van der Waals surface area contributed by atoms with Gasteiger partial charge in [-0.15, -0.1) is 0 Å². The van der Waals surface area contributed by atoms with E-state index in [1.54, 1.807) is 0 Å². The number of carboxylic acids is 1. The van der Waals surface area contributed by atoms with Crippen molar-refractivity contribution >= 4 is 39.2 Å². The number of carbonyl (C=O) groups is 1. The van der Waals surface area contributed by atoms with E-state index >= 15 is 0 Å². The first-order valence-electron chi connectivity index (χ1n) is 5.98. The zero-order valence-electron chi connectivity index (χ0n) is 10.8. The molecule has 112 valence electrons. The first-order valence-corrected chi connectivity index (χ1v) is 8.22. The van der Waals surface area contributed by atoms with E-state index < -0.39 is 22.0 Å². The van der Waals surface area contributed by atoms with Crippen LogP contribution in [-0.4, -0.2) is 25.5 Å². The smallest absolute Gasteiger partial charge is 0.321 e. The van der Waals surface area contributed by atoms with E-state index in [9.17, 15) is 13.2 Å². The maximum absolute atomic E-state index is 12.2. The molecule has 0 amide bonds. The molecule has 1 rings (SSSR count). The van der Waals surface area contributed by atoms with E-state index in [0.29, 0.717) is 6.42 Å². The Bertz CT molecular complexity index is 589. The van der Waals surface area contributed by atoms with Gasteiger partial charge in [0.1, 0.15) is 10.9 Å². The van der Waals surface area contributed by atoms with E-state index in [2.05, 4.69) is 4.72 Å². The van der Waals surface area contributed by atoms with Crippen LogP contribution >= 0.6 is 23.2 Å². The molecule has 0 aliphatic heterocycles. The van der Waals surface area contributed by atoms with Crippen LogP contribution in [0, 0.1) is 0 Å². The lowest BCUT2D eigenvalue weighted by Gasteiger charge is -2.15. The lowest BCUT2D eigenvalue weighted by atomic mass is 10.1.